The van der Waals surface area contributed by atoms with Gasteiger partial charge in [0.05, 0.1) is 0 Å². The Morgan fingerprint density at radius 3 is 1.07 bits per heavy atom. The molecular formula is C36H56N2O3. The molecule has 2 rings (SSSR count). The van der Waals surface area contributed by atoms with E-state index in [1.807, 2.05) is 48.5 Å². The van der Waals surface area contributed by atoms with E-state index in [4.69, 9.17) is 4.74 Å². The lowest BCUT2D eigenvalue weighted by Crippen LogP contribution is -2.11. The highest BCUT2D eigenvalue weighted by Gasteiger charge is 2.06. The van der Waals surface area contributed by atoms with E-state index in [2.05, 4.69) is 24.5 Å². The zero-order valence-corrected chi connectivity index (χ0v) is 26.0. The second kappa shape index (κ2) is 22.8. The molecule has 0 heterocycles. The summed E-state index contributed by atoms with van der Waals surface area (Å²) in [5, 5.41) is 5.97. The van der Waals surface area contributed by atoms with E-state index < -0.39 is 0 Å². The van der Waals surface area contributed by atoms with Crippen molar-refractivity contribution >= 4 is 23.2 Å². The van der Waals surface area contributed by atoms with Gasteiger partial charge in [-0.2, -0.15) is 0 Å². The Morgan fingerprint density at radius 2 is 0.756 bits per heavy atom. The number of nitrogens with one attached hydrogen (secondary N) is 2. The predicted octanol–water partition coefficient (Wildman–Crippen LogP) is 11.2. The van der Waals surface area contributed by atoms with Gasteiger partial charge in [0.1, 0.15) is 11.5 Å². The topological polar surface area (TPSA) is 67.4 Å². The molecule has 0 radical (unpaired) electrons. The van der Waals surface area contributed by atoms with Gasteiger partial charge in [-0.1, -0.05) is 117 Å². The third-order valence-corrected chi connectivity index (χ3v) is 7.53. The summed E-state index contributed by atoms with van der Waals surface area (Å²) in [6, 6.07) is 14.9. The lowest BCUT2D eigenvalue weighted by atomic mass is 10.1. The molecule has 0 saturated carbocycles. The van der Waals surface area contributed by atoms with Crippen LogP contribution in [0.25, 0.3) is 0 Å². The Morgan fingerprint density at radius 1 is 0.463 bits per heavy atom. The second-order valence-electron chi connectivity index (χ2n) is 11.4. The summed E-state index contributed by atoms with van der Waals surface area (Å²) in [6.07, 6.45) is 23.6. The van der Waals surface area contributed by atoms with Crippen LogP contribution < -0.4 is 15.4 Å². The van der Waals surface area contributed by atoms with E-state index in [0.717, 1.165) is 37.1 Å². The number of rotatable bonds is 24. The molecule has 0 aliphatic heterocycles. The van der Waals surface area contributed by atoms with E-state index >= 15 is 0 Å². The molecule has 0 unspecified atom stereocenters. The maximum atomic E-state index is 12.3. The van der Waals surface area contributed by atoms with Crippen LogP contribution in [0.3, 0.4) is 0 Å². The van der Waals surface area contributed by atoms with Crippen molar-refractivity contribution in [2.24, 2.45) is 0 Å². The van der Waals surface area contributed by atoms with Crippen molar-refractivity contribution in [1.29, 1.82) is 0 Å². The molecule has 0 aliphatic rings. The maximum absolute atomic E-state index is 12.3. The summed E-state index contributed by atoms with van der Waals surface area (Å²) in [5.74, 6) is 1.53. The van der Waals surface area contributed by atoms with E-state index in [9.17, 15) is 9.59 Å². The third kappa shape index (κ3) is 17.6. The van der Waals surface area contributed by atoms with Crippen LogP contribution in [-0.4, -0.2) is 11.8 Å². The quantitative estimate of drug-likeness (QED) is 0.125. The number of hydrogen-bond acceptors (Lipinski definition) is 3. The summed E-state index contributed by atoms with van der Waals surface area (Å²) < 4.78 is 5.94. The Labute approximate surface area is 250 Å². The van der Waals surface area contributed by atoms with Crippen molar-refractivity contribution in [1.82, 2.24) is 0 Å². The summed E-state index contributed by atoms with van der Waals surface area (Å²) in [7, 11) is 0. The van der Waals surface area contributed by atoms with Crippen LogP contribution in [0.5, 0.6) is 11.5 Å². The van der Waals surface area contributed by atoms with Crippen LogP contribution in [-0.2, 0) is 9.59 Å². The van der Waals surface area contributed by atoms with Crippen molar-refractivity contribution in [3.63, 3.8) is 0 Å². The molecule has 2 N–H and O–H groups in total. The van der Waals surface area contributed by atoms with Gasteiger partial charge in [-0.3, -0.25) is 9.59 Å². The van der Waals surface area contributed by atoms with Crippen LogP contribution in [0.4, 0.5) is 11.4 Å². The summed E-state index contributed by atoms with van der Waals surface area (Å²) in [4.78, 5) is 24.5. The fourth-order valence-corrected chi connectivity index (χ4v) is 4.99. The van der Waals surface area contributed by atoms with Gasteiger partial charge < -0.3 is 15.4 Å². The maximum Gasteiger partial charge on any atom is 0.224 e. The third-order valence-electron chi connectivity index (χ3n) is 7.53. The summed E-state index contributed by atoms with van der Waals surface area (Å²) >= 11 is 0. The first-order valence-electron chi connectivity index (χ1n) is 16.6. The average molecular weight is 565 g/mol. The molecule has 2 aromatic rings. The number of unbranched alkanes of at least 4 members (excludes halogenated alkanes) is 16. The van der Waals surface area contributed by atoms with Crippen molar-refractivity contribution in [3.8, 4) is 11.5 Å². The van der Waals surface area contributed by atoms with Gasteiger partial charge in [0.25, 0.3) is 0 Å². The minimum absolute atomic E-state index is 0.0667. The fraction of sp³-hybridized carbons (Fsp3) is 0.611. The minimum Gasteiger partial charge on any atom is -0.457 e. The van der Waals surface area contributed by atoms with Gasteiger partial charge >= 0.3 is 0 Å². The summed E-state index contributed by atoms with van der Waals surface area (Å²) in [5.41, 5.74) is 1.56. The average Bonchev–Trinajstić information content (AvgIpc) is 2.97. The van der Waals surface area contributed by atoms with Gasteiger partial charge in [-0.15, -0.1) is 0 Å². The Balaban J connectivity index is 1.57. The van der Waals surface area contributed by atoms with Crippen LogP contribution >= 0.6 is 0 Å². The lowest BCUT2D eigenvalue weighted by Gasteiger charge is -2.10. The number of benzene rings is 2. The van der Waals surface area contributed by atoms with Crippen molar-refractivity contribution in [2.75, 3.05) is 10.6 Å². The molecule has 2 amide bonds. The monoisotopic (exact) mass is 564 g/mol. The van der Waals surface area contributed by atoms with E-state index in [0.29, 0.717) is 24.3 Å². The SMILES string of the molecule is CCCCCCCCCCCC(=O)Nc1ccc(Oc2ccc(NC(=O)CCCCCCCCCCC)cc2)cc1. The van der Waals surface area contributed by atoms with Crippen LogP contribution in [0.15, 0.2) is 48.5 Å². The van der Waals surface area contributed by atoms with E-state index in [-0.39, 0.29) is 11.8 Å². The Hall–Kier alpha value is -2.82. The normalized spacial score (nSPS) is 10.9. The molecule has 0 bridgehead atoms. The van der Waals surface area contributed by atoms with Crippen LogP contribution in [0.1, 0.15) is 142 Å². The van der Waals surface area contributed by atoms with Gasteiger partial charge in [-0.05, 0) is 61.4 Å². The molecule has 228 valence electrons. The highest BCUT2D eigenvalue weighted by atomic mass is 16.5. The van der Waals surface area contributed by atoms with Crippen LogP contribution in [0, 0.1) is 0 Å². The molecule has 0 aliphatic carbocycles. The Bertz CT molecular complexity index is 863. The van der Waals surface area contributed by atoms with Gasteiger partial charge in [0.15, 0.2) is 0 Å². The molecule has 0 spiro atoms. The molecule has 2 aromatic carbocycles. The van der Waals surface area contributed by atoms with Crippen molar-refractivity contribution in [2.45, 2.75) is 142 Å². The van der Waals surface area contributed by atoms with E-state index in [1.54, 1.807) is 0 Å². The standard InChI is InChI=1S/C36H56N2O3/c1-3-5-7-9-11-13-15-17-19-21-35(39)37-31-23-27-33(28-24-31)41-34-29-25-32(26-30-34)38-36(40)22-20-18-16-14-12-10-8-6-4-2/h23-30H,3-22H2,1-2H3,(H,37,39)(H,38,40). The molecule has 5 heteroatoms. The minimum atomic E-state index is 0.0667. The lowest BCUT2D eigenvalue weighted by molar-refractivity contribution is -0.117. The molecule has 0 fully saturated rings. The highest BCUT2D eigenvalue weighted by molar-refractivity contribution is 5.91. The first-order chi connectivity index (χ1) is 20.1. The number of hydrogen-bond donors (Lipinski definition) is 2. The molecule has 0 saturated heterocycles. The Kier molecular flexibility index (Phi) is 19.1. The van der Waals surface area contributed by atoms with Crippen LogP contribution in [0.2, 0.25) is 0 Å². The number of amides is 2. The molecule has 41 heavy (non-hydrogen) atoms. The van der Waals surface area contributed by atoms with Gasteiger partial charge in [0.2, 0.25) is 11.8 Å². The smallest absolute Gasteiger partial charge is 0.224 e. The van der Waals surface area contributed by atoms with Gasteiger partial charge in [-0.25, -0.2) is 0 Å². The first kappa shape index (κ1) is 34.4. The first-order valence-corrected chi connectivity index (χ1v) is 16.6. The number of carbonyl (C=O) groups excluding carboxylic acids is 2. The van der Waals surface area contributed by atoms with E-state index in [1.165, 1.54) is 89.9 Å². The fourth-order valence-electron chi connectivity index (χ4n) is 4.99. The zero-order chi connectivity index (χ0) is 29.4. The highest BCUT2D eigenvalue weighted by Crippen LogP contribution is 2.25. The van der Waals surface area contributed by atoms with Crippen molar-refractivity contribution < 1.29 is 14.3 Å². The number of ether oxygens (including phenoxy) is 1. The molecule has 0 aromatic heterocycles. The predicted molar refractivity (Wildman–Crippen MR) is 174 cm³/mol. The number of anilines is 2. The number of carbonyl (C=O) groups is 2. The van der Waals surface area contributed by atoms with Crippen molar-refractivity contribution in [3.05, 3.63) is 48.5 Å². The molecular weight excluding hydrogens is 508 g/mol. The summed E-state index contributed by atoms with van der Waals surface area (Å²) in [6.45, 7) is 4.49. The largest absolute Gasteiger partial charge is 0.457 e. The molecule has 0 atom stereocenters. The second-order valence-corrected chi connectivity index (χ2v) is 11.4. The molecule has 5 nitrogen and oxygen atoms in total. The zero-order valence-electron chi connectivity index (χ0n) is 26.0. The van der Waals surface area contributed by atoms with Gasteiger partial charge in [0, 0.05) is 24.2 Å².